The molecule has 0 atom stereocenters. The third-order valence-electron chi connectivity index (χ3n) is 7.84. The van der Waals surface area contributed by atoms with Crippen molar-refractivity contribution >= 4 is 11.6 Å². The van der Waals surface area contributed by atoms with E-state index in [4.69, 9.17) is 11.6 Å². The van der Waals surface area contributed by atoms with Gasteiger partial charge in [0.25, 0.3) is 0 Å². The Morgan fingerprint density at radius 2 is 0.947 bits per heavy atom. The molecule has 1 aliphatic carbocycles. The molecule has 6 aromatic carbocycles. The molecule has 0 radical (unpaired) electrons. The van der Waals surface area contributed by atoms with E-state index in [1.165, 1.54) is 55.6 Å². The van der Waals surface area contributed by atoms with Gasteiger partial charge < -0.3 is 0 Å². The van der Waals surface area contributed by atoms with Crippen LogP contribution in [0.4, 0.5) is 0 Å². The first-order chi connectivity index (χ1) is 18.8. The van der Waals surface area contributed by atoms with E-state index in [2.05, 4.69) is 146 Å². The summed E-state index contributed by atoms with van der Waals surface area (Å²) in [5.74, 6) is 0. The second kappa shape index (κ2) is 9.17. The van der Waals surface area contributed by atoms with Crippen LogP contribution < -0.4 is 0 Å². The van der Waals surface area contributed by atoms with E-state index in [1.807, 2.05) is 6.07 Å². The van der Waals surface area contributed by atoms with Crippen LogP contribution in [0, 0.1) is 0 Å². The van der Waals surface area contributed by atoms with E-state index in [-0.39, 0.29) is 0 Å². The summed E-state index contributed by atoms with van der Waals surface area (Å²) in [4.78, 5) is 0. The van der Waals surface area contributed by atoms with Crippen LogP contribution in [0.15, 0.2) is 152 Å². The maximum atomic E-state index is 6.70. The Labute approximate surface area is 228 Å². The smallest absolute Gasteiger partial charge is 0.0714 e. The lowest BCUT2D eigenvalue weighted by atomic mass is 9.67. The van der Waals surface area contributed by atoms with E-state index >= 15 is 0 Å². The maximum Gasteiger partial charge on any atom is 0.0714 e. The third kappa shape index (κ3) is 3.45. The van der Waals surface area contributed by atoms with E-state index < -0.39 is 5.41 Å². The van der Waals surface area contributed by atoms with Crippen molar-refractivity contribution in [2.75, 3.05) is 0 Å². The predicted molar refractivity (Wildman–Crippen MR) is 160 cm³/mol. The summed E-state index contributed by atoms with van der Waals surface area (Å²) in [6.45, 7) is 0. The Morgan fingerprint density at radius 1 is 0.395 bits per heavy atom. The van der Waals surface area contributed by atoms with Crippen molar-refractivity contribution in [1.82, 2.24) is 0 Å². The molecule has 0 unspecified atom stereocenters. The van der Waals surface area contributed by atoms with E-state index in [0.717, 1.165) is 5.02 Å². The van der Waals surface area contributed by atoms with Crippen LogP contribution >= 0.6 is 11.6 Å². The molecule has 38 heavy (non-hydrogen) atoms. The van der Waals surface area contributed by atoms with Gasteiger partial charge in [-0.1, -0.05) is 151 Å². The molecule has 0 N–H and O–H groups in total. The molecule has 0 nitrogen and oxygen atoms in total. The van der Waals surface area contributed by atoms with Crippen LogP contribution in [0.25, 0.3) is 33.4 Å². The van der Waals surface area contributed by atoms with Crippen molar-refractivity contribution in [3.05, 3.63) is 179 Å². The fraction of sp³-hybridized carbons (Fsp3) is 0.0270. The number of hydrogen-bond acceptors (Lipinski definition) is 0. The summed E-state index contributed by atoms with van der Waals surface area (Å²) in [5, 5.41) is 0.751. The van der Waals surface area contributed by atoms with Gasteiger partial charge >= 0.3 is 0 Å². The van der Waals surface area contributed by atoms with Gasteiger partial charge in [-0.15, -0.1) is 0 Å². The van der Waals surface area contributed by atoms with Crippen LogP contribution in [-0.4, -0.2) is 0 Å². The molecule has 0 fully saturated rings. The third-order valence-corrected chi connectivity index (χ3v) is 8.08. The number of halogens is 1. The minimum atomic E-state index is -0.460. The van der Waals surface area contributed by atoms with Gasteiger partial charge in [0.2, 0.25) is 0 Å². The molecule has 0 heterocycles. The Hall–Kier alpha value is -4.39. The summed E-state index contributed by atoms with van der Waals surface area (Å²) < 4.78 is 0. The topological polar surface area (TPSA) is 0 Å². The average Bonchev–Trinajstić information content (AvgIpc) is 3.29. The van der Waals surface area contributed by atoms with Crippen LogP contribution in [-0.2, 0) is 5.41 Å². The highest BCUT2D eigenvalue weighted by atomic mass is 35.5. The lowest BCUT2D eigenvalue weighted by molar-refractivity contribution is 0.768. The first kappa shape index (κ1) is 22.8. The molecule has 0 aliphatic heterocycles. The number of fused-ring (bicyclic) bond motifs is 3. The Bertz CT molecular complexity index is 1700. The highest BCUT2D eigenvalue weighted by molar-refractivity contribution is 6.30. The van der Waals surface area contributed by atoms with Gasteiger partial charge in [0, 0.05) is 5.02 Å². The molecule has 7 rings (SSSR count). The number of rotatable bonds is 4. The molecule has 0 bridgehead atoms. The molecule has 1 heteroatoms. The van der Waals surface area contributed by atoms with E-state index in [0.29, 0.717) is 0 Å². The predicted octanol–water partition coefficient (Wildman–Crippen LogP) is 10.0. The fourth-order valence-corrected chi connectivity index (χ4v) is 6.40. The fourth-order valence-electron chi connectivity index (χ4n) is 6.22. The Morgan fingerprint density at radius 3 is 1.58 bits per heavy atom. The molecule has 0 saturated heterocycles. The lowest BCUT2D eigenvalue weighted by Crippen LogP contribution is -2.28. The second-order valence-electron chi connectivity index (χ2n) is 9.84. The molecular weight excluding hydrogens is 480 g/mol. The van der Waals surface area contributed by atoms with Gasteiger partial charge in [-0.3, -0.25) is 0 Å². The summed E-state index contributed by atoms with van der Waals surface area (Å²) >= 11 is 6.70. The van der Waals surface area contributed by atoms with Crippen LogP contribution in [0.2, 0.25) is 5.02 Å². The first-order valence-electron chi connectivity index (χ1n) is 13.0. The van der Waals surface area contributed by atoms with Crippen LogP contribution in [0.1, 0.15) is 22.3 Å². The minimum Gasteiger partial charge on any atom is -0.0843 e. The maximum absolute atomic E-state index is 6.70. The normalized spacial score (nSPS) is 13.1. The zero-order valence-electron chi connectivity index (χ0n) is 20.8. The average molecular weight is 505 g/mol. The van der Waals surface area contributed by atoms with E-state index in [1.54, 1.807) is 0 Å². The summed E-state index contributed by atoms with van der Waals surface area (Å²) in [7, 11) is 0. The molecule has 0 aromatic heterocycles. The zero-order chi connectivity index (χ0) is 25.5. The lowest BCUT2D eigenvalue weighted by Gasteiger charge is -2.34. The van der Waals surface area contributed by atoms with Gasteiger partial charge in [0.15, 0.2) is 0 Å². The number of benzene rings is 6. The summed E-state index contributed by atoms with van der Waals surface area (Å²) in [6, 6.07) is 54.3. The van der Waals surface area contributed by atoms with Crippen molar-refractivity contribution in [2.24, 2.45) is 0 Å². The molecule has 6 aromatic rings. The van der Waals surface area contributed by atoms with Crippen LogP contribution in [0.3, 0.4) is 0 Å². The first-order valence-corrected chi connectivity index (χ1v) is 13.4. The summed E-state index contributed by atoms with van der Waals surface area (Å²) in [5.41, 5.74) is 11.9. The summed E-state index contributed by atoms with van der Waals surface area (Å²) in [6.07, 6.45) is 0. The van der Waals surface area contributed by atoms with E-state index in [9.17, 15) is 0 Å². The minimum absolute atomic E-state index is 0.460. The largest absolute Gasteiger partial charge is 0.0843 e. The van der Waals surface area contributed by atoms with Gasteiger partial charge in [0.1, 0.15) is 0 Å². The Balaban J connectivity index is 1.52. The molecule has 0 spiro atoms. The SMILES string of the molecule is Clc1ccc2c(c1)C(c1ccccc1)(c1ccccc1)c1cccc(-c3ccc(-c4ccccc4)cc3)c1-2. The number of hydrogen-bond donors (Lipinski definition) is 0. The monoisotopic (exact) mass is 504 g/mol. The van der Waals surface area contributed by atoms with Gasteiger partial charge in [-0.05, 0) is 67.8 Å². The highest BCUT2D eigenvalue weighted by Gasteiger charge is 2.46. The van der Waals surface area contributed by atoms with Crippen molar-refractivity contribution in [3.63, 3.8) is 0 Å². The van der Waals surface area contributed by atoms with Gasteiger partial charge in [-0.2, -0.15) is 0 Å². The second-order valence-corrected chi connectivity index (χ2v) is 10.3. The Kier molecular flexibility index (Phi) is 5.50. The zero-order valence-corrected chi connectivity index (χ0v) is 21.6. The molecule has 180 valence electrons. The van der Waals surface area contributed by atoms with Crippen molar-refractivity contribution in [2.45, 2.75) is 5.41 Å². The van der Waals surface area contributed by atoms with Crippen LogP contribution in [0.5, 0.6) is 0 Å². The highest BCUT2D eigenvalue weighted by Crippen LogP contribution is 2.58. The molecule has 0 saturated carbocycles. The molecular formula is C37H25Cl. The van der Waals surface area contributed by atoms with Gasteiger partial charge in [0.05, 0.1) is 5.41 Å². The van der Waals surface area contributed by atoms with Crippen molar-refractivity contribution < 1.29 is 0 Å². The standard InChI is InChI=1S/C37H25Cl/c38-31-23-24-33-35(25-31)37(29-13-6-2-7-14-29,30-15-8-3-9-16-30)34-18-10-17-32(36(33)34)28-21-19-27(20-22-28)26-11-4-1-5-12-26/h1-25H. The quantitative estimate of drug-likeness (QED) is 0.223. The molecule has 1 aliphatic rings. The van der Waals surface area contributed by atoms with Crippen molar-refractivity contribution in [1.29, 1.82) is 0 Å². The van der Waals surface area contributed by atoms with Gasteiger partial charge in [-0.25, -0.2) is 0 Å². The molecule has 0 amide bonds. The van der Waals surface area contributed by atoms with Crippen molar-refractivity contribution in [3.8, 4) is 33.4 Å².